The number of halogens is 3. The van der Waals surface area contributed by atoms with Crippen molar-refractivity contribution in [2.75, 3.05) is 31.1 Å². The summed E-state index contributed by atoms with van der Waals surface area (Å²) in [6.07, 6.45) is -3.06. The molecule has 1 fully saturated rings. The molecule has 12 heteroatoms. The van der Waals surface area contributed by atoms with Gasteiger partial charge in [-0.25, -0.2) is 4.98 Å². The predicted octanol–water partition coefficient (Wildman–Crippen LogP) is 5.15. The molecule has 5 rings (SSSR count). The molecule has 0 aliphatic carbocycles. The van der Waals surface area contributed by atoms with E-state index in [0.717, 1.165) is 29.2 Å². The number of nitrogens with zero attached hydrogens (tertiary/aromatic N) is 6. The maximum Gasteiger partial charge on any atom is 0.416 e. The zero-order valence-corrected chi connectivity index (χ0v) is 21.6. The molecule has 198 valence electrons. The third-order valence-electron chi connectivity index (χ3n) is 6.29. The Morgan fingerprint density at radius 2 is 1.74 bits per heavy atom. The van der Waals surface area contributed by atoms with Gasteiger partial charge in [-0.2, -0.15) is 13.2 Å². The van der Waals surface area contributed by atoms with E-state index in [4.69, 9.17) is 4.42 Å². The van der Waals surface area contributed by atoms with E-state index in [2.05, 4.69) is 15.2 Å². The summed E-state index contributed by atoms with van der Waals surface area (Å²) in [4.78, 5) is 20.8. The first kappa shape index (κ1) is 25.8. The highest BCUT2D eigenvalue weighted by molar-refractivity contribution is 7.98. The highest BCUT2D eigenvalue weighted by Crippen LogP contribution is 2.32. The third-order valence-corrected chi connectivity index (χ3v) is 7.20. The second kappa shape index (κ2) is 10.5. The van der Waals surface area contributed by atoms with Crippen LogP contribution in [0.1, 0.15) is 33.3 Å². The van der Waals surface area contributed by atoms with Gasteiger partial charge in [0.2, 0.25) is 5.89 Å². The van der Waals surface area contributed by atoms with E-state index < -0.39 is 11.7 Å². The van der Waals surface area contributed by atoms with Gasteiger partial charge >= 0.3 is 6.18 Å². The smallest absolute Gasteiger partial charge is 0.416 e. The quantitative estimate of drug-likeness (QED) is 0.312. The molecule has 1 amide bonds. The van der Waals surface area contributed by atoms with Crippen molar-refractivity contribution < 1.29 is 22.4 Å². The Morgan fingerprint density at radius 3 is 2.45 bits per heavy atom. The molecule has 0 atom stereocenters. The van der Waals surface area contributed by atoms with Crippen LogP contribution in [-0.4, -0.2) is 56.7 Å². The molecule has 8 nitrogen and oxygen atoms in total. The zero-order valence-electron chi connectivity index (χ0n) is 20.8. The number of benzene rings is 2. The lowest BCUT2D eigenvalue weighted by Crippen LogP contribution is -2.49. The zero-order chi connectivity index (χ0) is 26.9. The standard InChI is InChI=1S/C26H25F3N6O2S/c1-17-6-8-20(9-7-17)35-18(2)31-32-25(35)38-16-23-30-22(15-37-23)24(36)34-12-10-33(11-13-34)21-5-3-4-19(14-21)26(27,28)29/h3-9,14-15H,10-13,16H2,1-2H3. The molecule has 0 radical (unpaired) electrons. The number of oxazole rings is 1. The van der Waals surface area contributed by atoms with Crippen LogP contribution in [0.3, 0.4) is 0 Å². The van der Waals surface area contributed by atoms with E-state index in [1.807, 2.05) is 47.6 Å². The van der Waals surface area contributed by atoms with E-state index in [-0.39, 0.29) is 11.6 Å². The van der Waals surface area contributed by atoms with Crippen molar-refractivity contribution in [1.82, 2.24) is 24.6 Å². The molecule has 4 aromatic rings. The van der Waals surface area contributed by atoms with Gasteiger partial charge in [-0.05, 0) is 44.2 Å². The SMILES string of the molecule is Cc1ccc(-n2c(C)nnc2SCc2nc(C(=O)N3CCN(c4cccc(C(F)(F)F)c4)CC3)co2)cc1. The summed E-state index contributed by atoms with van der Waals surface area (Å²) in [7, 11) is 0. The molecule has 1 aliphatic heterocycles. The van der Waals surface area contributed by atoms with Crippen LogP contribution in [-0.2, 0) is 11.9 Å². The third kappa shape index (κ3) is 5.54. The van der Waals surface area contributed by atoms with Gasteiger partial charge in [0, 0.05) is 37.6 Å². The van der Waals surface area contributed by atoms with Gasteiger partial charge < -0.3 is 14.2 Å². The van der Waals surface area contributed by atoms with Crippen molar-refractivity contribution in [3.8, 4) is 5.69 Å². The Morgan fingerprint density at radius 1 is 1.00 bits per heavy atom. The van der Waals surface area contributed by atoms with Crippen LogP contribution in [0, 0.1) is 13.8 Å². The van der Waals surface area contributed by atoms with Crippen LogP contribution >= 0.6 is 11.8 Å². The molecule has 3 heterocycles. The summed E-state index contributed by atoms with van der Waals surface area (Å²) in [6, 6.07) is 13.3. The lowest BCUT2D eigenvalue weighted by atomic mass is 10.1. The number of amides is 1. The van der Waals surface area contributed by atoms with Gasteiger partial charge in [-0.15, -0.1) is 10.2 Å². The molecular formula is C26H25F3N6O2S. The Labute approximate surface area is 221 Å². The number of carbonyl (C=O) groups excluding carboxylic acids is 1. The predicted molar refractivity (Wildman–Crippen MR) is 136 cm³/mol. The minimum Gasteiger partial charge on any atom is -0.447 e. The second-order valence-electron chi connectivity index (χ2n) is 8.94. The number of thioether (sulfide) groups is 1. The highest BCUT2D eigenvalue weighted by Gasteiger charge is 2.31. The molecule has 38 heavy (non-hydrogen) atoms. The van der Waals surface area contributed by atoms with Crippen molar-refractivity contribution >= 4 is 23.4 Å². The molecule has 1 aliphatic rings. The van der Waals surface area contributed by atoms with Crippen molar-refractivity contribution in [2.24, 2.45) is 0 Å². The highest BCUT2D eigenvalue weighted by atomic mass is 32.2. The van der Waals surface area contributed by atoms with Gasteiger partial charge in [0.05, 0.1) is 11.3 Å². The number of rotatable bonds is 6. The van der Waals surface area contributed by atoms with Crippen LogP contribution in [0.5, 0.6) is 0 Å². The average molecular weight is 543 g/mol. The maximum absolute atomic E-state index is 13.1. The summed E-state index contributed by atoms with van der Waals surface area (Å²) in [6.45, 7) is 5.47. The molecule has 0 bridgehead atoms. The number of hydrogen-bond acceptors (Lipinski definition) is 7. The fourth-order valence-corrected chi connectivity index (χ4v) is 5.09. The lowest BCUT2D eigenvalue weighted by molar-refractivity contribution is -0.137. The van der Waals surface area contributed by atoms with Crippen molar-refractivity contribution in [3.63, 3.8) is 0 Å². The van der Waals surface area contributed by atoms with Gasteiger partial charge in [0.15, 0.2) is 10.9 Å². The van der Waals surface area contributed by atoms with E-state index >= 15 is 0 Å². The first-order valence-electron chi connectivity index (χ1n) is 12.0. The normalized spacial score (nSPS) is 14.2. The van der Waals surface area contributed by atoms with Crippen LogP contribution in [0.25, 0.3) is 5.69 Å². The molecular weight excluding hydrogens is 517 g/mol. The fraction of sp³-hybridized carbons (Fsp3) is 0.308. The van der Waals surface area contributed by atoms with Gasteiger partial charge in [0.25, 0.3) is 5.91 Å². The van der Waals surface area contributed by atoms with E-state index in [1.165, 1.54) is 24.1 Å². The number of alkyl halides is 3. The summed E-state index contributed by atoms with van der Waals surface area (Å²) >= 11 is 1.40. The number of piperazine rings is 1. The minimum absolute atomic E-state index is 0.198. The maximum atomic E-state index is 13.1. The van der Waals surface area contributed by atoms with Gasteiger partial charge in [-0.3, -0.25) is 9.36 Å². The van der Waals surface area contributed by atoms with E-state index in [0.29, 0.717) is 48.7 Å². The first-order chi connectivity index (χ1) is 18.2. The molecule has 2 aromatic carbocycles. The Kier molecular flexibility index (Phi) is 7.15. The monoisotopic (exact) mass is 542 g/mol. The van der Waals surface area contributed by atoms with Crippen LogP contribution in [0.15, 0.2) is 64.4 Å². The minimum atomic E-state index is -4.40. The number of anilines is 1. The van der Waals surface area contributed by atoms with E-state index in [1.54, 1.807) is 11.0 Å². The lowest BCUT2D eigenvalue weighted by Gasteiger charge is -2.36. The number of aryl methyl sites for hydroxylation is 2. The Balaban J connectivity index is 1.19. The Bertz CT molecular complexity index is 1430. The van der Waals surface area contributed by atoms with Crippen LogP contribution < -0.4 is 4.90 Å². The number of hydrogen-bond donors (Lipinski definition) is 0. The Hall–Kier alpha value is -3.80. The molecule has 0 N–H and O–H groups in total. The molecule has 0 spiro atoms. The molecule has 1 saturated heterocycles. The van der Waals surface area contributed by atoms with Crippen LogP contribution in [0.2, 0.25) is 0 Å². The van der Waals surface area contributed by atoms with Crippen molar-refractivity contribution in [2.45, 2.75) is 30.9 Å². The fourth-order valence-electron chi connectivity index (χ4n) is 4.24. The first-order valence-corrected chi connectivity index (χ1v) is 13.0. The molecule has 0 saturated carbocycles. The number of aromatic nitrogens is 4. The number of carbonyl (C=O) groups is 1. The molecule has 2 aromatic heterocycles. The average Bonchev–Trinajstić information content (AvgIpc) is 3.54. The summed E-state index contributed by atoms with van der Waals surface area (Å²) in [5.41, 5.74) is 2.11. The van der Waals surface area contributed by atoms with Gasteiger partial charge in [-0.1, -0.05) is 35.5 Å². The van der Waals surface area contributed by atoms with Crippen molar-refractivity contribution in [1.29, 1.82) is 0 Å². The molecule has 0 unspecified atom stereocenters. The van der Waals surface area contributed by atoms with Crippen LogP contribution in [0.4, 0.5) is 18.9 Å². The second-order valence-corrected chi connectivity index (χ2v) is 9.89. The summed E-state index contributed by atoms with van der Waals surface area (Å²) in [5.74, 6) is 1.23. The topological polar surface area (TPSA) is 80.3 Å². The van der Waals surface area contributed by atoms with Gasteiger partial charge in [0.1, 0.15) is 12.1 Å². The largest absolute Gasteiger partial charge is 0.447 e. The summed E-state index contributed by atoms with van der Waals surface area (Å²) < 4.78 is 46.7. The van der Waals surface area contributed by atoms with E-state index in [9.17, 15) is 18.0 Å². The van der Waals surface area contributed by atoms with Crippen molar-refractivity contribution in [3.05, 3.63) is 83.3 Å². The summed E-state index contributed by atoms with van der Waals surface area (Å²) in [5, 5.41) is 9.13.